The Bertz CT molecular complexity index is 876. The zero-order valence-electron chi connectivity index (χ0n) is 19.5. The molecule has 0 saturated heterocycles. The van der Waals surface area contributed by atoms with E-state index in [1.54, 1.807) is 0 Å². The summed E-state index contributed by atoms with van der Waals surface area (Å²) < 4.78 is 11.5. The lowest BCUT2D eigenvalue weighted by atomic mass is 10.1. The molecule has 0 N–H and O–H groups in total. The molecule has 0 aliphatic carbocycles. The summed E-state index contributed by atoms with van der Waals surface area (Å²) in [5, 5.41) is 2.39. The maximum atomic E-state index is 5.97. The summed E-state index contributed by atoms with van der Waals surface area (Å²) in [7, 11) is 0. The maximum absolute atomic E-state index is 5.97. The molecule has 0 aromatic heterocycles. The molecule has 0 unspecified atom stereocenters. The van der Waals surface area contributed by atoms with Gasteiger partial charge in [-0.15, -0.1) is 11.8 Å². The van der Waals surface area contributed by atoms with Gasteiger partial charge < -0.3 is 9.47 Å². The third kappa shape index (κ3) is 11.0. The molecule has 0 spiro atoms. The summed E-state index contributed by atoms with van der Waals surface area (Å²) in [6, 6.07) is 12.7. The molecular weight excluding hydrogens is 380 g/mol. The normalized spacial score (nSPS) is 10.3. The fraction of sp³-hybridized carbons (Fsp3) is 0.517. The van der Waals surface area contributed by atoms with Crippen LogP contribution in [0.1, 0.15) is 83.6 Å². The van der Waals surface area contributed by atoms with E-state index in [4.69, 9.17) is 9.47 Å². The lowest BCUT2D eigenvalue weighted by Crippen LogP contribution is -1.97. The van der Waals surface area contributed by atoms with E-state index in [9.17, 15) is 0 Å². The smallest absolute Gasteiger partial charge is 0.119 e. The van der Waals surface area contributed by atoms with Crippen molar-refractivity contribution in [3.05, 3.63) is 42.0 Å². The van der Waals surface area contributed by atoms with E-state index in [1.165, 1.54) is 55.7 Å². The van der Waals surface area contributed by atoms with E-state index in [0.29, 0.717) is 13.2 Å². The molecule has 0 radical (unpaired) electrons. The first kappa shape index (κ1) is 24.8. The van der Waals surface area contributed by atoms with Crippen LogP contribution in [0, 0.1) is 23.7 Å². The van der Waals surface area contributed by atoms with Crippen LogP contribution in [0.25, 0.3) is 10.8 Å². The van der Waals surface area contributed by atoms with Gasteiger partial charge in [0.25, 0.3) is 0 Å². The van der Waals surface area contributed by atoms with Crippen LogP contribution < -0.4 is 4.74 Å². The Hall–Kier alpha value is -2.42. The van der Waals surface area contributed by atoms with Gasteiger partial charge in [0.05, 0.1) is 19.8 Å². The minimum absolute atomic E-state index is 0.658. The Morgan fingerprint density at radius 3 is 2.16 bits per heavy atom. The van der Waals surface area contributed by atoms with Gasteiger partial charge >= 0.3 is 0 Å². The van der Waals surface area contributed by atoms with Gasteiger partial charge in [-0.25, -0.2) is 0 Å². The van der Waals surface area contributed by atoms with Crippen molar-refractivity contribution in [1.82, 2.24) is 0 Å². The fourth-order valence-corrected chi connectivity index (χ4v) is 3.46. The van der Waals surface area contributed by atoms with Crippen molar-refractivity contribution in [3.8, 4) is 29.4 Å². The molecule has 166 valence electrons. The highest BCUT2D eigenvalue weighted by Crippen LogP contribution is 2.22. The molecule has 0 aliphatic rings. The minimum atomic E-state index is 0.658. The van der Waals surface area contributed by atoms with Crippen molar-refractivity contribution in [2.75, 3.05) is 19.8 Å². The standard InChI is InChI=1S/C29H38O2/c1-3-5-7-8-9-10-11-14-23-31-29-20-19-27-24-26(17-18-28(27)25-29)16-12-15-22-30-21-13-6-4-2/h17-20,24-25H,3,5,7-11,13-15,21-23H2,1-2H3. The number of fused-ring (bicyclic) bond motifs is 1. The molecule has 0 aliphatic heterocycles. The monoisotopic (exact) mass is 418 g/mol. The molecule has 0 amide bonds. The molecule has 2 aromatic carbocycles. The van der Waals surface area contributed by atoms with Gasteiger partial charge in [0.1, 0.15) is 5.75 Å². The number of benzene rings is 2. The van der Waals surface area contributed by atoms with E-state index in [-0.39, 0.29) is 0 Å². The Labute approximate surface area is 189 Å². The molecule has 2 rings (SSSR count). The maximum Gasteiger partial charge on any atom is 0.119 e. The van der Waals surface area contributed by atoms with Crippen molar-refractivity contribution in [1.29, 1.82) is 0 Å². The van der Waals surface area contributed by atoms with E-state index in [2.05, 4.69) is 67.0 Å². The highest BCUT2D eigenvalue weighted by Gasteiger charge is 1.99. The average molecular weight is 419 g/mol. The lowest BCUT2D eigenvalue weighted by molar-refractivity contribution is 0.146. The summed E-state index contributed by atoms with van der Waals surface area (Å²) in [5.41, 5.74) is 1.04. The van der Waals surface area contributed by atoms with Crippen molar-refractivity contribution >= 4 is 10.8 Å². The highest BCUT2D eigenvalue weighted by molar-refractivity contribution is 5.85. The van der Waals surface area contributed by atoms with Crippen LogP contribution in [0.15, 0.2) is 36.4 Å². The quantitative estimate of drug-likeness (QED) is 0.233. The van der Waals surface area contributed by atoms with Crippen molar-refractivity contribution in [2.45, 2.75) is 78.1 Å². The van der Waals surface area contributed by atoms with Crippen LogP contribution in [0.2, 0.25) is 0 Å². The van der Waals surface area contributed by atoms with E-state index in [0.717, 1.165) is 37.2 Å². The minimum Gasteiger partial charge on any atom is -0.494 e. The van der Waals surface area contributed by atoms with Crippen LogP contribution >= 0.6 is 0 Å². The zero-order valence-corrected chi connectivity index (χ0v) is 19.5. The second-order valence-corrected chi connectivity index (χ2v) is 7.89. The molecular formula is C29H38O2. The van der Waals surface area contributed by atoms with Gasteiger partial charge in [-0.3, -0.25) is 0 Å². The Kier molecular flexibility index (Phi) is 13.1. The van der Waals surface area contributed by atoms with Crippen LogP contribution in [0.3, 0.4) is 0 Å². The molecule has 31 heavy (non-hydrogen) atoms. The van der Waals surface area contributed by atoms with E-state index >= 15 is 0 Å². The summed E-state index contributed by atoms with van der Waals surface area (Å²) in [6.07, 6.45) is 12.1. The number of rotatable bonds is 14. The first-order valence-corrected chi connectivity index (χ1v) is 12.0. The van der Waals surface area contributed by atoms with Crippen LogP contribution in [0.5, 0.6) is 5.75 Å². The lowest BCUT2D eigenvalue weighted by Gasteiger charge is -2.08. The SMILES string of the molecule is CC#CCCOCCC#Cc1ccc2cc(OCCCCCCCCCC)ccc2c1. The molecule has 0 bridgehead atoms. The fourth-order valence-electron chi connectivity index (χ4n) is 3.46. The van der Waals surface area contributed by atoms with Gasteiger partial charge in [-0.2, -0.15) is 0 Å². The Morgan fingerprint density at radius 2 is 1.39 bits per heavy atom. The van der Waals surface area contributed by atoms with Crippen molar-refractivity contribution in [3.63, 3.8) is 0 Å². The van der Waals surface area contributed by atoms with Gasteiger partial charge in [0.2, 0.25) is 0 Å². The second-order valence-electron chi connectivity index (χ2n) is 7.89. The molecule has 2 heteroatoms. The first-order valence-electron chi connectivity index (χ1n) is 12.0. The topological polar surface area (TPSA) is 18.5 Å². The zero-order chi connectivity index (χ0) is 22.0. The highest BCUT2D eigenvalue weighted by atomic mass is 16.5. The molecule has 2 aromatic rings. The largest absolute Gasteiger partial charge is 0.494 e. The molecule has 0 saturated carbocycles. The van der Waals surface area contributed by atoms with Crippen LogP contribution in [-0.2, 0) is 4.74 Å². The molecule has 0 fully saturated rings. The number of unbranched alkanes of at least 4 members (excludes halogenated alkanes) is 7. The predicted molar refractivity (Wildman–Crippen MR) is 132 cm³/mol. The summed E-state index contributed by atoms with van der Waals surface area (Å²) in [4.78, 5) is 0. The van der Waals surface area contributed by atoms with E-state index in [1.807, 2.05) is 6.92 Å². The third-order valence-corrected chi connectivity index (χ3v) is 5.23. The van der Waals surface area contributed by atoms with Gasteiger partial charge in [-0.1, -0.05) is 75.8 Å². The summed E-state index contributed by atoms with van der Waals surface area (Å²) in [5.74, 6) is 13.2. The average Bonchev–Trinajstić information content (AvgIpc) is 2.79. The number of hydrogen-bond acceptors (Lipinski definition) is 2. The molecule has 2 nitrogen and oxygen atoms in total. The van der Waals surface area contributed by atoms with Crippen molar-refractivity contribution in [2.24, 2.45) is 0 Å². The van der Waals surface area contributed by atoms with Crippen molar-refractivity contribution < 1.29 is 9.47 Å². The first-order chi connectivity index (χ1) is 15.3. The number of ether oxygens (including phenoxy) is 2. The second kappa shape index (κ2) is 16.3. The number of hydrogen-bond donors (Lipinski definition) is 0. The molecule has 0 atom stereocenters. The van der Waals surface area contributed by atoms with Crippen LogP contribution in [0.4, 0.5) is 0 Å². The summed E-state index contributed by atoms with van der Waals surface area (Å²) >= 11 is 0. The third-order valence-electron chi connectivity index (χ3n) is 5.23. The van der Waals surface area contributed by atoms with Gasteiger partial charge in [0.15, 0.2) is 0 Å². The predicted octanol–water partition coefficient (Wildman–Crippen LogP) is 7.53. The Balaban J connectivity index is 1.69. The van der Waals surface area contributed by atoms with Crippen LogP contribution in [-0.4, -0.2) is 19.8 Å². The van der Waals surface area contributed by atoms with Gasteiger partial charge in [-0.05, 0) is 48.4 Å². The summed E-state index contributed by atoms with van der Waals surface area (Å²) in [6.45, 7) is 6.26. The molecule has 0 heterocycles. The van der Waals surface area contributed by atoms with E-state index < -0.39 is 0 Å². The Morgan fingerprint density at radius 1 is 0.710 bits per heavy atom. The van der Waals surface area contributed by atoms with Gasteiger partial charge in [0, 0.05) is 18.4 Å².